The molecule has 2 aliphatic heterocycles. The van der Waals surface area contributed by atoms with Gasteiger partial charge in [0.25, 0.3) is 11.6 Å². The van der Waals surface area contributed by atoms with Crippen molar-refractivity contribution in [3.63, 3.8) is 0 Å². The van der Waals surface area contributed by atoms with Gasteiger partial charge in [0.05, 0.1) is 10.5 Å². The number of nitrogens with zero attached hydrogens (tertiary/aromatic N) is 4. The summed E-state index contributed by atoms with van der Waals surface area (Å²) in [5.74, 6) is 0.733. The number of hydrogen-bond acceptors (Lipinski definition) is 8. The van der Waals surface area contributed by atoms with Crippen LogP contribution in [0.5, 0.6) is 5.75 Å². The van der Waals surface area contributed by atoms with E-state index < -0.39 is 10.8 Å². The Labute approximate surface area is 210 Å². The smallest absolute Gasteiger partial charge is 0.283 e. The van der Waals surface area contributed by atoms with Crippen LogP contribution in [0.2, 0.25) is 0 Å². The molecule has 0 fully saturated rings. The van der Waals surface area contributed by atoms with Crippen LogP contribution in [-0.4, -0.2) is 38.5 Å². The predicted molar refractivity (Wildman–Crippen MR) is 135 cm³/mol. The number of carbonyl (C=O) groups is 1. The Morgan fingerprint density at radius 3 is 2.74 bits per heavy atom. The number of nitro groups is 1. The topological polar surface area (TPSA) is 134 Å². The summed E-state index contributed by atoms with van der Waals surface area (Å²) in [6, 6.07) is 16.9. The minimum absolute atomic E-state index is 0.0204. The second-order valence-electron chi connectivity index (χ2n) is 7.24. The van der Waals surface area contributed by atoms with E-state index in [0.717, 1.165) is 0 Å². The molecule has 3 aromatic rings. The number of amides is 1. The molecule has 1 N–H and O–H groups in total. The zero-order valence-electron chi connectivity index (χ0n) is 17.7. The molecule has 5 rings (SSSR count). The lowest BCUT2D eigenvalue weighted by atomic mass is 10.1. The number of carbonyl (C=O) groups excluding carboxylic acids is 1. The van der Waals surface area contributed by atoms with Crippen molar-refractivity contribution in [1.29, 1.82) is 5.41 Å². The summed E-state index contributed by atoms with van der Waals surface area (Å²) in [6.45, 7) is 0.177. The van der Waals surface area contributed by atoms with Crippen LogP contribution in [0.4, 0.5) is 5.69 Å². The van der Waals surface area contributed by atoms with Gasteiger partial charge in [-0.2, -0.15) is 15.1 Å². The normalized spacial score (nSPS) is 16.3. The highest BCUT2D eigenvalue weighted by molar-refractivity contribution is 9.10. The molecule has 0 saturated heterocycles. The maximum Gasteiger partial charge on any atom is 0.283 e. The number of non-ortho nitro benzene ring substituents is 1. The van der Waals surface area contributed by atoms with E-state index >= 15 is 0 Å². The number of fused-ring (bicyclic) bond motifs is 1. The number of nitro benzene ring substituents is 1. The Bertz CT molecular complexity index is 1460. The van der Waals surface area contributed by atoms with Gasteiger partial charge >= 0.3 is 0 Å². The predicted octanol–water partition coefficient (Wildman–Crippen LogP) is 5.32. The second kappa shape index (κ2) is 9.31. The number of furan rings is 1. The SMILES string of the molecule is N=C1/C(=C/c2ccc(-c3ccc([N+](=O)[O-])cc3Br)o2)C(=O)N=C2SC(COc3ccccc3)=NN12. The monoisotopic (exact) mass is 551 g/mol. The van der Waals surface area contributed by atoms with Crippen LogP contribution < -0.4 is 4.74 Å². The van der Waals surface area contributed by atoms with Crippen molar-refractivity contribution in [1.82, 2.24) is 5.01 Å². The number of thioether (sulfide) groups is 1. The van der Waals surface area contributed by atoms with Crippen molar-refractivity contribution >= 4 is 61.4 Å². The average Bonchev–Trinajstić information content (AvgIpc) is 3.48. The number of rotatable bonds is 6. The van der Waals surface area contributed by atoms with Gasteiger partial charge in [-0.05, 0) is 64.1 Å². The lowest BCUT2D eigenvalue weighted by Crippen LogP contribution is -2.35. The number of aliphatic imine (C=N–C) groups is 1. The van der Waals surface area contributed by atoms with Gasteiger partial charge < -0.3 is 9.15 Å². The summed E-state index contributed by atoms with van der Waals surface area (Å²) < 4.78 is 12.0. The number of nitrogens with one attached hydrogen (secondary N) is 1. The highest BCUT2D eigenvalue weighted by atomic mass is 79.9. The van der Waals surface area contributed by atoms with E-state index in [9.17, 15) is 14.9 Å². The summed E-state index contributed by atoms with van der Waals surface area (Å²) >= 11 is 4.49. The van der Waals surface area contributed by atoms with Crippen molar-refractivity contribution in [2.75, 3.05) is 6.61 Å². The van der Waals surface area contributed by atoms with Crippen LogP contribution in [0.25, 0.3) is 17.4 Å². The van der Waals surface area contributed by atoms with Crippen molar-refractivity contribution in [2.45, 2.75) is 0 Å². The van der Waals surface area contributed by atoms with Crippen LogP contribution in [0.1, 0.15) is 5.76 Å². The molecule has 12 heteroatoms. The lowest BCUT2D eigenvalue weighted by molar-refractivity contribution is -0.384. The number of hydrogen-bond donors (Lipinski definition) is 1. The molecule has 35 heavy (non-hydrogen) atoms. The van der Waals surface area contributed by atoms with Crippen LogP contribution in [0.15, 0.2) is 85.2 Å². The molecule has 2 aromatic carbocycles. The quantitative estimate of drug-likeness (QED) is 0.249. The van der Waals surface area contributed by atoms with E-state index in [-0.39, 0.29) is 23.7 Å². The Hall–Kier alpha value is -4.03. The van der Waals surface area contributed by atoms with Crippen LogP contribution in [0, 0.1) is 15.5 Å². The van der Waals surface area contributed by atoms with Gasteiger partial charge in [0, 0.05) is 22.2 Å². The maximum atomic E-state index is 12.6. The molecule has 2 aliphatic rings. The Morgan fingerprint density at radius 2 is 2.00 bits per heavy atom. The zero-order chi connectivity index (χ0) is 24.5. The van der Waals surface area contributed by atoms with Crippen molar-refractivity contribution in [2.24, 2.45) is 10.1 Å². The number of hydrazone groups is 1. The second-order valence-corrected chi connectivity index (χ2v) is 9.13. The van der Waals surface area contributed by atoms with Gasteiger partial charge in [0.1, 0.15) is 28.9 Å². The highest BCUT2D eigenvalue weighted by Gasteiger charge is 2.36. The molecule has 0 bridgehead atoms. The van der Waals surface area contributed by atoms with Gasteiger partial charge in [0.15, 0.2) is 5.84 Å². The number of para-hydroxylation sites is 1. The van der Waals surface area contributed by atoms with E-state index in [1.807, 2.05) is 30.3 Å². The third-order valence-electron chi connectivity index (χ3n) is 4.94. The Balaban J connectivity index is 1.35. The van der Waals surface area contributed by atoms with E-state index in [1.54, 1.807) is 18.2 Å². The van der Waals surface area contributed by atoms with E-state index in [4.69, 9.17) is 14.6 Å². The maximum absolute atomic E-state index is 12.6. The summed E-state index contributed by atoms with van der Waals surface area (Å²) in [4.78, 5) is 27.2. The first kappa shape index (κ1) is 22.7. The van der Waals surface area contributed by atoms with Crippen molar-refractivity contribution in [3.8, 4) is 17.1 Å². The average molecular weight is 552 g/mol. The minimum atomic E-state index is -0.580. The number of benzene rings is 2. The van der Waals surface area contributed by atoms with Crippen LogP contribution >= 0.6 is 27.7 Å². The molecule has 0 unspecified atom stereocenters. The van der Waals surface area contributed by atoms with Crippen molar-refractivity contribution < 1.29 is 18.9 Å². The van der Waals surface area contributed by atoms with E-state index in [1.165, 1.54) is 35.0 Å². The lowest BCUT2D eigenvalue weighted by Gasteiger charge is -2.19. The molecule has 0 radical (unpaired) electrons. The zero-order valence-corrected chi connectivity index (χ0v) is 20.1. The van der Waals surface area contributed by atoms with Gasteiger partial charge in [-0.1, -0.05) is 18.2 Å². The third-order valence-corrected chi connectivity index (χ3v) is 6.48. The molecule has 3 heterocycles. The molecule has 1 amide bonds. The first-order valence-electron chi connectivity index (χ1n) is 10.1. The molecule has 0 saturated carbocycles. The van der Waals surface area contributed by atoms with Gasteiger partial charge in [-0.15, -0.1) is 0 Å². The highest BCUT2D eigenvalue weighted by Crippen LogP contribution is 2.34. The molecule has 0 atom stereocenters. The largest absolute Gasteiger partial charge is 0.487 e. The first-order valence-corrected chi connectivity index (χ1v) is 11.7. The van der Waals surface area contributed by atoms with Gasteiger partial charge in [-0.25, -0.2) is 0 Å². The summed E-state index contributed by atoms with van der Waals surface area (Å²) in [5.41, 5.74) is 0.572. The fourth-order valence-corrected chi connectivity index (χ4v) is 4.65. The number of halogens is 1. The molecule has 10 nitrogen and oxygen atoms in total. The summed E-state index contributed by atoms with van der Waals surface area (Å²) in [7, 11) is 0. The first-order chi connectivity index (χ1) is 16.9. The molecule has 0 spiro atoms. The summed E-state index contributed by atoms with van der Waals surface area (Å²) in [6.07, 6.45) is 1.42. The number of ether oxygens (including phenoxy) is 1. The van der Waals surface area contributed by atoms with E-state index in [0.29, 0.717) is 37.5 Å². The minimum Gasteiger partial charge on any atom is -0.487 e. The molecule has 1 aromatic heterocycles. The Kier molecular flexibility index (Phi) is 6.05. The van der Waals surface area contributed by atoms with Gasteiger partial charge in [-0.3, -0.25) is 20.3 Å². The van der Waals surface area contributed by atoms with Crippen LogP contribution in [0.3, 0.4) is 0 Å². The fourth-order valence-electron chi connectivity index (χ4n) is 3.29. The molecule has 0 aliphatic carbocycles. The van der Waals surface area contributed by atoms with Gasteiger partial charge in [0.2, 0.25) is 5.17 Å². The molecular weight excluding hydrogens is 538 g/mol. The Morgan fingerprint density at radius 1 is 1.20 bits per heavy atom. The fraction of sp³-hybridized carbons (Fsp3) is 0.0435. The standard InChI is InChI=1S/C23H14BrN5O5S/c24-18-10-13(29(31)32)6-8-16(18)19-9-7-15(34-19)11-17-21(25)28-23(26-22(17)30)35-20(27-28)12-33-14-4-2-1-3-5-14/h1-11,25H,12H2/b17-11-,25-21?. The number of amidine groups is 2. The molecular formula is C23H14BrN5O5S. The van der Waals surface area contributed by atoms with Crippen LogP contribution in [-0.2, 0) is 4.79 Å². The molecule has 174 valence electrons. The van der Waals surface area contributed by atoms with E-state index in [2.05, 4.69) is 26.0 Å². The summed E-state index contributed by atoms with van der Waals surface area (Å²) in [5, 5.41) is 26.0. The van der Waals surface area contributed by atoms with Crippen molar-refractivity contribution in [3.05, 3.63) is 86.6 Å². The third kappa shape index (κ3) is 4.66.